The van der Waals surface area contributed by atoms with E-state index in [9.17, 15) is 4.79 Å². The summed E-state index contributed by atoms with van der Waals surface area (Å²) in [6.45, 7) is 2.53. The highest BCUT2D eigenvalue weighted by atomic mass is 79.9. The van der Waals surface area contributed by atoms with Gasteiger partial charge in [0, 0.05) is 4.47 Å². The lowest BCUT2D eigenvalue weighted by atomic mass is 10.3. The van der Waals surface area contributed by atoms with Gasteiger partial charge >= 0.3 is 0 Å². The van der Waals surface area contributed by atoms with Gasteiger partial charge in [-0.25, -0.2) is 0 Å². The maximum Gasteiger partial charge on any atom is 0.236 e. The Labute approximate surface area is 115 Å². The first-order valence-corrected chi connectivity index (χ1v) is 5.80. The molecule has 17 heavy (non-hydrogen) atoms. The highest BCUT2D eigenvalue weighted by Crippen LogP contribution is 2.15. The minimum atomic E-state index is -0.479. The molecule has 0 aromatic heterocycles. The number of nitrogens with two attached hydrogens (primary N) is 1. The molecule has 0 fully saturated rings. The van der Waals surface area contributed by atoms with Crippen molar-refractivity contribution in [3.8, 4) is 5.75 Å². The Morgan fingerprint density at radius 1 is 1.47 bits per heavy atom. The van der Waals surface area contributed by atoms with Crippen LogP contribution in [0.2, 0.25) is 0 Å². The summed E-state index contributed by atoms with van der Waals surface area (Å²) >= 11 is 3.34. The maximum absolute atomic E-state index is 11.1. The monoisotopic (exact) mass is 322 g/mol. The molecular weight excluding hydrogens is 307 g/mol. The zero-order chi connectivity index (χ0) is 12.0. The van der Waals surface area contributed by atoms with E-state index in [2.05, 4.69) is 21.2 Å². The van der Waals surface area contributed by atoms with Gasteiger partial charge in [-0.15, -0.1) is 12.4 Å². The quantitative estimate of drug-likeness (QED) is 0.811. The number of benzene rings is 1. The molecular formula is C11H16BrClN2O2. The molecule has 1 rings (SSSR count). The van der Waals surface area contributed by atoms with Crippen molar-refractivity contribution in [3.63, 3.8) is 0 Å². The number of hydrogen-bond acceptors (Lipinski definition) is 3. The molecule has 0 aliphatic heterocycles. The molecule has 0 aliphatic carbocycles. The Bertz CT molecular complexity index is 344. The summed E-state index contributed by atoms with van der Waals surface area (Å²) in [5, 5.41) is 2.67. The van der Waals surface area contributed by atoms with E-state index in [4.69, 9.17) is 10.5 Å². The molecule has 96 valence electrons. The van der Waals surface area contributed by atoms with Crippen LogP contribution in [0, 0.1) is 0 Å². The minimum Gasteiger partial charge on any atom is -0.492 e. The first kappa shape index (κ1) is 16.2. The Morgan fingerprint density at radius 3 is 2.59 bits per heavy atom. The summed E-state index contributed by atoms with van der Waals surface area (Å²) in [5.41, 5.74) is 5.39. The summed E-state index contributed by atoms with van der Waals surface area (Å²) in [7, 11) is 0. The number of amides is 1. The van der Waals surface area contributed by atoms with Gasteiger partial charge in [0.2, 0.25) is 5.91 Å². The number of carbonyl (C=O) groups is 1. The average molecular weight is 324 g/mol. The zero-order valence-electron chi connectivity index (χ0n) is 9.48. The van der Waals surface area contributed by atoms with Crippen LogP contribution in [-0.4, -0.2) is 25.1 Å². The molecule has 6 heteroatoms. The number of hydrogen-bond donors (Lipinski definition) is 2. The molecule has 1 aromatic rings. The molecule has 4 nitrogen and oxygen atoms in total. The van der Waals surface area contributed by atoms with Crippen LogP contribution in [0.3, 0.4) is 0 Å². The van der Waals surface area contributed by atoms with Crippen molar-refractivity contribution in [2.45, 2.75) is 13.0 Å². The van der Waals surface area contributed by atoms with Gasteiger partial charge in [0.1, 0.15) is 12.4 Å². The highest BCUT2D eigenvalue weighted by molar-refractivity contribution is 9.10. The largest absolute Gasteiger partial charge is 0.492 e. The molecule has 1 unspecified atom stereocenters. The Hall–Kier alpha value is -0.780. The standard InChI is InChI=1S/C11H15BrN2O2.ClH/c1-8(13)11(15)14-6-7-16-10-4-2-9(12)3-5-10;/h2-5,8H,6-7,13H2,1H3,(H,14,15);1H. The molecule has 0 heterocycles. The van der Waals surface area contributed by atoms with Crippen molar-refractivity contribution >= 4 is 34.2 Å². The fourth-order valence-corrected chi connectivity index (χ4v) is 1.30. The van der Waals surface area contributed by atoms with Crippen LogP contribution < -0.4 is 15.8 Å². The third-order valence-corrected chi connectivity index (χ3v) is 2.43. The van der Waals surface area contributed by atoms with Crippen molar-refractivity contribution < 1.29 is 9.53 Å². The van der Waals surface area contributed by atoms with Gasteiger partial charge in [0.25, 0.3) is 0 Å². The Balaban J connectivity index is 0.00000256. The van der Waals surface area contributed by atoms with Crippen molar-refractivity contribution in [1.82, 2.24) is 5.32 Å². The summed E-state index contributed by atoms with van der Waals surface area (Å²) in [6.07, 6.45) is 0. The van der Waals surface area contributed by atoms with Gasteiger partial charge < -0.3 is 15.8 Å². The molecule has 1 aromatic carbocycles. The van der Waals surface area contributed by atoms with E-state index >= 15 is 0 Å². The lowest BCUT2D eigenvalue weighted by molar-refractivity contribution is -0.122. The molecule has 0 aliphatic rings. The van der Waals surface area contributed by atoms with E-state index in [0.717, 1.165) is 10.2 Å². The topological polar surface area (TPSA) is 64.4 Å². The van der Waals surface area contributed by atoms with Crippen LogP contribution in [0.25, 0.3) is 0 Å². The first-order chi connectivity index (χ1) is 7.59. The van der Waals surface area contributed by atoms with Crippen LogP contribution in [0.4, 0.5) is 0 Å². The molecule has 0 saturated carbocycles. The molecule has 1 atom stereocenters. The van der Waals surface area contributed by atoms with E-state index in [1.54, 1.807) is 6.92 Å². The van der Waals surface area contributed by atoms with Crippen molar-refractivity contribution in [3.05, 3.63) is 28.7 Å². The maximum atomic E-state index is 11.1. The van der Waals surface area contributed by atoms with Gasteiger partial charge in [-0.2, -0.15) is 0 Å². The van der Waals surface area contributed by atoms with Gasteiger partial charge in [-0.05, 0) is 31.2 Å². The Morgan fingerprint density at radius 2 is 2.06 bits per heavy atom. The van der Waals surface area contributed by atoms with Gasteiger partial charge in [-0.1, -0.05) is 15.9 Å². The SMILES string of the molecule is CC(N)C(=O)NCCOc1ccc(Br)cc1.Cl. The predicted octanol–water partition coefficient (Wildman–Crippen LogP) is 1.71. The second-order valence-electron chi connectivity index (χ2n) is 3.38. The fourth-order valence-electron chi connectivity index (χ4n) is 1.03. The summed E-state index contributed by atoms with van der Waals surface area (Å²) in [5.74, 6) is 0.609. The van der Waals surface area contributed by atoms with E-state index in [1.807, 2.05) is 24.3 Å². The second-order valence-corrected chi connectivity index (χ2v) is 4.30. The zero-order valence-corrected chi connectivity index (χ0v) is 11.9. The van der Waals surface area contributed by atoms with Crippen LogP contribution in [0.1, 0.15) is 6.92 Å². The smallest absolute Gasteiger partial charge is 0.236 e. The van der Waals surface area contributed by atoms with Gasteiger partial charge in [0.05, 0.1) is 12.6 Å². The lowest BCUT2D eigenvalue weighted by Crippen LogP contribution is -2.40. The highest BCUT2D eigenvalue weighted by Gasteiger charge is 2.05. The van der Waals surface area contributed by atoms with Crippen molar-refractivity contribution in [2.75, 3.05) is 13.2 Å². The van der Waals surface area contributed by atoms with Crippen molar-refractivity contribution in [1.29, 1.82) is 0 Å². The van der Waals surface area contributed by atoms with Crippen molar-refractivity contribution in [2.24, 2.45) is 5.73 Å². The molecule has 0 spiro atoms. The second kappa shape index (κ2) is 8.33. The summed E-state index contributed by atoms with van der Waals surface area (Å²) in [6, 6.07) is 7.04. The van der Waals surface area contributed by atoms with Crippen LogP contribution in [-0.2, 0) is 4.79 Å². The predicted molar refractivity (Wildman–Crippen MR) is 73.5 cm³/mol. The molecule has 1 amide bonds. The molecule has 0 saturated heterocycles. The minimum absolute atomic E-state index is 0. The molecule has 3 N–H and O–H groups in total. The van der Waals surface area contributed by atoms with E-state index in [-0.39, 0.29) is 18.3 Å². The summed E-state index contributed by atoms with van der Waals surface area (Å²) in [4.78, 5) is 11.1. The number of ether oxygens (including phenoxy) is 1. The molecule has 0 bridgehead atoms. The third-order valence-electron chi connectivity index (χ3n) is 1.90. The fraction of sp³-hybridized carbons (Fsp3) is 0.364. The molecule has 0 radical (unpaired) electrons. The van der Waals surface area contributed by atoms with Crippen LogP contribution in [0.5, 0.6) is 5.75 Å². The van der Waals surface area contributed by atoms with Crippen LogP contribution >= 0.6 is 28.3 Å². The first-order valence-electron chi connectivity index (χ1n) is 5.01. The number of nitrogens with one attached hydrogen (secondary N) is 1. The third kappa shape index (κ3) is 6.51. The number of rotatable bonds is 5. The van der Waals surface area contributed by atoms with E-state index < -0.39 is 6.04 Å². The average Bonchev–Trinajstić information content (AvgIpc) is 2.26. The number of carbonyl (C=O) groups excluding carboxylic acids is 1. The van der Waals surface area contributed by atoms with E-state index in [0.29, 0.717) is 13.2 Å². The van der Waals surface area contributed by atoms with E-state index in [1.165, 1.54) is 0 Å². The normalized spacial score (nSPS) is 11.2. The van der Waals surface area contributed by atoms with Gasteiger partial charge in [0.15, 0.2) is 0 Å². The van der Waals surface area contributed by atoms with Crippen LogP contribution in [0.15, 0.2) is 28.7 Å². The number of halogens is 2. The summed E-state index contributed by atoms with van der Waals surface area (Å²) < 4.78 is 6.42. The van der Waals surface area contributed by atoms with Gasteiger partial charge in [-0.3, -0.25) is 4.79 Å². The lowest BCUT2D eigenvalue weighted by Gasteiger charge is -2.09. The Kier molecular flexibility index (Phi) is 7.95.